The number of hydrogen-bond acceptors (Lipinski definition) is 5. The molecule has 0 saturated carbocycles. The smallest absolute Gasteiger partial charge is 0.271 e. The lowest BCUT2D eigenvalue weighted by Gasteiger charge is -2.08. The summed E-state index contributed by atoms with van der Waals surface area (Å²) in [6.45, 7) is 0.359. The largest absolute Gasteiger partial charge is 0.365 e. The lowest BCUT2D eigenvalue weighted by molar-refractivity contribution is -0.384. The second-order valence-electron chi connectivity index (χ2n) is 4.33. The maximum atomic E-state index is 10.7. The molecule has 0 radical (unpaired) electrons. The Labute approximate surface area is 124 Å². The van der Waals surface area contributed by atoms with Gasteiger partial charge in [0.2, 0.25) is 0 Å². The van der Waals surface area contributed by atoms with Gasteiger partial charge in [0.15, 0.2) is 0 Å². The van der Waals surface area contributed by atoms with Crippen LogP contribution >= 0.6 is 11.6 Å². The van der Waals surface area contributed by atoms with Gasteiger partial charge in [-0.2, -0.15) is 0 Å². The molecule has 1 heterocycles. The Morgan fingerprint density at radius 3 is 2.86 bits per heavy atom. The highest BCUT2D eigenvalue weighted by atomic mass is 35.5. The molecule has 8 heteroatoms. The van der Waals surface area contributed by atoms with E-state index < -0.39 is 4.92 Å². The van der Waals surface area contributed by atoms with Gasteiger partial charge in [0, 0.05) is 12.1 Å². The van der Waals surface area contributed by atoms with Crippen molar-refractivity contribution >= 4 is 34.0 Å². The summed E-state index contributed by atoms with van der Waals surface area (Å²) in [5, 5.41) is 22.1. The van der Waals surface area contributed by atoms with Crippen LogP contribution in [0.5, 0.6) is 0 Å². The van der Waals surface area contributed by atoms with E-state index in [4.69, 9.17) is 11.6 Å². The highest BCUT2D eigenvalue weighted by Crippen LogP contribution is 2.26. The Bertz CT molecular complexity index is 817. The first-order valence-electron chi connectivity index (χ1n) is 6.11. The normalized spacial score (nSPS) is 10.7. The summed E-state index contributed by atoms with van der Waals surface area (Å²) < 4.78 is 1.69. The van der Waals surface area contributed by atoms with Crippen molar-refractivity contribution in [1.29, 1.82) is 0 Å². The molecule has 0 amide bonds. The Morgan fingerprint density at radius 2 is 2.10 bits per heavy atom. The Kier molecular flexibility index (Phi) is 3.41. The third-order valence-corrected chi connectivity index (χ3v) is 3.32. The Balaban J connectivity index is 1.80. The number of nitro groups is 1. The van der Waals surface area contributed by atoms with Gasteiger partial charge in [-0.1, -0.05) is 28.9 Å². The molecule has 0 aliphatic carbocycles. The van der Waals surface area contributed by atoms with Crippen LogP contribution in [0.15, 0.2) is 42.5 Å². The minimum absolute atomic E-state index is 0.0447. The van der Waals surface area contributed by atoms with E-state index in [9.17, 15) is 10.1 Å². The number of aromatic nitrogens is 3. The van der Waals surface area contributed by atoms with E-state index in [0.29, 0.717) is 12.4 Å². The fourth-order valence-electron chi connectivity index (χ4n) is 1.96. The molecule has 3 aromatic rings. The van der Waals surface area contributed by atoms with E-state index in [-0.39, 0.29) is 10.7 Å². The zero-order valence-corrected chi connectivity index (χ0v) is 11.5. The monoisotopic (exact) mass is 303 g/mol. The van der Waals surface area contributed by atoms with Crippen LogP contribution in [-0.2, 0) is 6.67 Å². The van der Waals surface area contributed by atoms with E-state index in [1.807, 2.05) is 24.3 Å². The average molecular weight is 304 g/mol. The van der Waals surface area contributed by atoms with Gasteiger partial charge in [-0.3, -0.25) is 10.1 Å². The maximum absolute atomic E-state index is 10.7. The molecule has 0 spiro atoms. The van der Waals surface area contributed by atoms with Crippen molar-refractivity contribution in [3.05, 3.63) is 57.6 Å². The van der Waals surface area contributed by atoms with Gasteiger partial charge < -0.3 is 5.32 Å². The second-order valence-corrected chi connectivity index (χ2v) is 4.74. The molecule has 0 aliphatic rings. The molecule has 0 fully saturated rings. The van der Waals surface area contributed by atoms with Crippen LogP contribution in [0.2, 0.25) is 5.02 Å². The minimum atomic E-state index is -0.486. The van der Waals surface area contributed by atoms with Gasteiger partial charge >= 0.3 is 0 Å². The summed E-state index contributed by atoms with van der Waals surface area (Å²) in [5.41, 5.74) is 2.25. The highest BCUT2D eigenvalue weighted by molar-refractivity contribution is 6.33. The van der Waals surface area contributed by atoms with Crippen molar-refractivity contribution in [2.75, 3.05) is 5.32 Å². The molecule has 0 bridgehead atoms. The first kappa shape index (κ1) is 13.3. The molecule has 2 aromatic carbocycles. The van der Waals surface area contributed by atoms with Crippen molar-refractivity contribution in [1.82, 2.24) is 15.0 Å². The standard InChI is InChI=1S/C13H10ClN5O2/c14-10-7-9(19(20)21)5-6-11(10)15-8-18-13-4-2-1-3-12(13)16-17-18/h1-7,15H,8H2. The number of nitro benzene ring substituents is 1. The molecule has 106 valence electrons. The summed E-state index contributed by atoms with van der Waals surface area (Å²) in [4.78, 5) is 10.2. The van der Waals surface area contributed by atoms with Crippen LogP contribution in [0.1, 0.15) is 0 Å². The van der Waals surface area contributed by atoms with Crippen LogP contribution in [0, 0.1) is 10.1 Å². The van der Waals surface area contributed by atoms with Gasteiger partial charge in [0.05, 0.1) is 21.2 Å². The first-order chi connectivity index (χ1) is 10.1. The molecule has 0 atom stereocenters. The number of nitrogens with one attached hydrogen (secondary N) is 1. The van der Waals surface area contributed by atoms with Crippen molar-refractivity contribution in [2.24, 2.45) is 0 Å². The van der Waals surface area contributed by atoms with Crippen LogP contribution < -0.4 is 5.32 Å². The number of anilines is 1. The summed E-state index contributed by atoms with van der Waals surface area (Å²) in [6, 6.07) is 11.9. The molecule has 0 saturated heterocycles. The van der Waals surface area contributed by atoms with Gasteiger partial charge in [0.25, 0.3) is 5.69 Å². The van der Waals surface area contributed by atoms with Crippen LogP contribution in [0.25, 0.3) is 11.0 Å². The molecule has 1 aromatic heterocycles. The zero-order valence-electron chi connectivity index (χ0n) is 10.7. The molecular formula is C13H10ClN5O2. The molecule has 21 heavy (non-hydrogen) atoms. The van der Waals surface area contributed by atoms with Gasteiger partial charge in [0.1, 0.15) is 12.2 Å². The Hall–Kier alpha value is -2.67. The summed E-state index contributed by atoms with van der Waals surface area (Å²) in [7, 11) is 0. The molecular weight excluding hydrogens is 294 g/mol. The third kappa shape index (κ3) is 2.63. The molecule has 0 aliphatic heterocycles. The maximum Gasteiger partial charge on any atom is 0.271 e. The second kappa shape index (κ2) is 5.37. The lowest BCUT2D eigenvalue weighted by atomic mass is 10.3. The first-order valence-corrected chi connectivity index (χ1v) is 6.49. The summed E-state index contributed by atoms with van der Waals surface area (Å²) in [6.07, 6.45) is 0. The van der Waals surface area contributed by atoms with Gasteiger partial charge in [-0.05, 0) is 18.2 Å². The molecule has 7 nitrogen and oxygen atoms in total. The van der Waals surface area contributed by atoms with Gasteiger partial charge in [-0.15, -0.1) is 5.10 Å². The lowest BCUT2D eigenvalue weighted by Crippen LogP contribution is -2.09. The van der Waals surface area contributed by atoms with Crippen LogP contribution in [-0.4, -0.2) is 19.9 Å². The van der Waals surface area contributed by atoms with Crippen LogP contribution in [0.4, 0.5) is 11.4 Å². The van der Waals surface area contributed by atoms with E-state index in [2.05, 4.69) is 15.6 Å². The van der Waals surface area contributed by atoms with Crippen molar-refractivity contribution < 1.29 is 4.92 Å². The van der Waals surface area contributed by atoms with Crippen molar-refractivity contribution in [3.8, 4) is 0 Å². The average Bonchev–Trinajstić information content (AvgIpc) is 2.89. The fraction of sp³-hybridized carbons (Fsp3) is 0.0769. The van der Waals surface area contributed by atoms with Gasteiger partial charge in [-0.25, -0.2) is 4.68 Å². The van der Waals surface area contributed by atoms with E-state index in [1.54, 1.807) is 10.7 Å². The zero-order chi connectivity index (χ0) is 14.8. The molecule has 0 unspecified atom stereocenters. The number of nitrogens with zero attached hydrogens (tertiary/aromatic N) is 4. The number of fused-ring (bicyclic) bond motifs is 1. The minimum Gasteiger partial charge on any atom is -0.365 e. The summed E-state index contributed by atoms with van der Waals surface area (Å²) >= 11 is 6.02. The number of non-ortho nitro benzene ring substituents is 1. The SMILES string of the molecule is O=[N+]([O-])c1ccc(NCn2nnc3ccccc32)c(Cl)c1. The number of halogens is 1. The fourth-order valence-corrected chi connectivity index (χ4v) is 2.20. The third-order valence-electron chi connectivity index (χ3n) is 3.00. The number of benzene rings is 2. The predicted molar refractivity (Wildman–Crippen MR) is 79.3 cm³/mol. The molecule has 3 rings (SSSR count). The number of rotatable bonds is 4. The highest BCUT2D eigenvalue weighted by Gasteiger charge is 2.10. The van der Waals surface area contributed by atoms with Crippen molar-refractivity contribution in [3.63, 3.8) is 0 Å². The predicted octanol–water partition coefficient (Wildman–Crippen LogP) is 3.06. The number of para-hydroxylation sites is 1. The number of hydrogen-bond donors (Lipinski definition) is 1. The van der Waals surface area contributed by atoms with E-state index >= 15 is 0 Å². The Morgan fingerprint density at radius 1 is 1.29 bits per heavy atom. The summed E-state index contributed by atoms with van der Waals surface area (Å²) in [5.74, 6) is 0. The van der Waals surface area contributed by atoms with Crippen molar-refractivity contribution in [2.45, 2.75) is 6.67 Å². The topological polar surface area (TPSA) is 85.9 Å². The van der Waals surface area contributed by atoms with Crippen LogP contribution in [0.3, 0.4) is 0 Å². The quantitative estimate of drug-likeness (QED) is 0.591. The van der Waals surface area contributed by atoms with E-state index in [1.165, 1.54) is 12.1 Å². The molecule has 1 N–H and O–H groups in total. The van der Waals surface area contributed by atoms with E-state index in [0.717, 1.165) is 11.0 Å².